The largest absolute Gasteiger partial charge is 0.355 e. The van der Waals surface area contributed by atoms with Gasteiger partial charge in [-0.05, 0) is 44.1 Å². The van der Waals surface area contributed by atoms with E-state index < -0.39 is 10.0 Å². The van der Waals surface area contributed by atoms with Crippen molar-refractivity contribution in [2.75, 3.05) is 34.2 Å². The van der Waals surface area contributed by atoms with Crippen molar-refractivity contribution in [2.24, 2.45) is 11.8 Å². The van der Waals surface area contributed by atoms with Crippen LogP contribution in [0.1, 0.15) is 24.2 Å². The molecule has 6 nitrogen and oxygen atoms in total. The van der Waals surface area contributed by atoms with Crippen molar-refractivity contribution < 1.29 is 13.2 Å². The van der Waals surface area contributed by atoms with E-state index >= 15 is 0 Å². The number of benzene rings is 1. The van der Waals surface area contributed by atoms with Crippen LogP contribution in [0, 0.1) is 11.8 Å². The minimum atomic E-state index is -3.61. The molecule has 0 bridgehead atoms. The lowest BCUT2D eigenvalue weighted by Crippen LogP contribution is -2.37. The van der Waals surface area contributed by atoms with E-state index in [1.165, 1.54) is 13.1 Å². The molecule has 1 heterocycles. The summed E-state index contributed by atoms with van der Waals surface area (Å²) in [5.41, 5.74) is 0.349. The molecule has 1 aliphatic heterocycles. The summed E-state index contributed by atoms with van der Waals surface area (Å²) in [6.45, 7) is 5.24. The molecule has 7 heteroatoms. The molecule has 0 aromatic heterocycles. The number of rotatable bonds is 5. The Morgan fingerprint density at radius 3 is 2.46 bits per heavy atom. The third kappa shape index (κ3) is 3.63. The zero-order valence-electron chi connectivity index (χ0n) is 15.0. The molecule has 1 aromatic rings. The Bertz CT molecular complexity index is 685. The Morgan fingerprint density at radius 2 is 1.96 bits per heavy atom. The van der Waals surface area contributed by atoms with E-state index in [-0.39, 0.29) is 22.8 Å². The quantitative estimate of drug-likeness (QED) is 0.865. The number of hydrogen-bond donors (Lipinski definition) is 1. The van der Waals surface area contributed by atoms with Gasteiger partial charge in [0.1, 0.15) is 0 Å². The molecule has 1 aliphatic rings. The standard InChI is InChI=1S/C17H27N3O3S/c1-12(2)15-10-20(11-16(15)19(4)5)24(22,23)14-8-6-7-13(9-14)17(21)18-3/h6-9,12,15-16H,10-11H2,1-5H3,(H,18,21)/t15-,16+/m0/s1. The van der Waals surface area contributed by atoms with E-state index in [1.54, 1.807) is 22.5 Å². The molecule has 1 saturated heterocycles. The lowest BCUT2D eigenvalue weighted by atomic mass is 9.91. The van der Waals surface area contributed by atoms with Gasteiger partial charge in [-0.1, -0.05) is 19.9 Å². The van der Waals surface area contributed by atoms with Gasteiger partial charge < -0.3 is 10.2 Å². The van der Waals surface area contributed by atoms with E-state index in [4.69, 9.17) is 0 Å². The van der Waals surface area contributed by atoms with Gasteiger partial charge in [-0.2, -0.15) is 4.31 Å². The summed E-state index contributed by atoms with van der Waals surface area (Å²) in [5.74, 6) is 0.395. The molecule has 1 N–H and O–H groups in total. The smallest absolute Gasteiger partial charge is 0.251 e. The number of carbonyl (C=O) groups is 1. The van der Waals surface area contributed by atoms with Crippen molar-refractivity contribution in [3.8, 4) is 0 Å². The molecule has 2 rings (SSSR count). The minimum Gasteiger partial charge on any atom is -0.355 e. The summed E-state index contributed by atoms with van der Waals surface area (Å²) < 4.78 is 27.6. The van der Waals surface area contributed by atoms with Crippen LogP contribution < -0.4 is 5.32 Å². The van der Waals surface area contributed by atoms with Gasteiger partial charge in [0, 0.05) is 31.7 Å². The van der Waals surface area contributed by atoms with Gasteiger partial charge in [-0.25, -0.2) is 8.42 Å². The van der Waals surface area contributed by atoms with Crippen molar-refractivity contribution >= 4 is 15.9 Å². The maximum absolute atomic E-state index is 13.0. The highest BCUT2D eigenvalue weighted by Crippen LogP contribution is 2.31. The van der Waals surface area contributed by atoms with Crippen molar-refractivity contribution in [2.45, 2.75) is 24.8 Å². The third-order valence-corrected chi connectivity index (χ3v) is 6.61. The molecular weight excluding hydrogens is 326 g/mol. The first kappa shape index (κ1) is 18.9. The molecule has 0 spiro atoms. The zero-order chi connectivity index (χ0) is 18.1. The SMILES string of the molecule is CNC(=O)c1cccc(S(=O)(=O)N2C[C@@H](N(C)C)[C@H](C(C)C)C2)c1. The topological polar surface area (TPSA) is 69.7 Å². The Hall–Kier alpha value is -1.44. The highest BCUT2D eigenvalue weighted by molar-refractivity contribution is 7.89. The van der Waals surface area contributed by atoms with Gasteiger partial charge in [0.25, 0.3) is 5.91 Å². The molecule has 1 aromatic carbocycles. The molecule has 1 fully saturated rings. The summed E-state index contributed by atoms with van der Waals surface area (Å²) in [7, 11) is 1.89. The van der Waals surface area contributed by atoms with E-state index in [9.17, 15) is 13.2 Å². The maximum atomic E-state index is 13.0. The minimum absolute atomic E-state index is 0.172. The highest BCUT2D eigenvalue weighted by Gasteiger charge is 2.41. The number of carbonyl (C=O) groups excluding carboxylic acids is 1. The van der Waals surface area contributed by atoms with Crippen molar-refractivity contribution in [3.05, 3.63) is 29.8 Å². The second-order valence-corrected chi connectivity index (χ2v) is 8.81. The molecule has 24 heavy (non-hydrogen) atoms. The molecule has 1 amide bonds. The number of likely N-dealkylation sites (N-methyl/N-ethyl adjacent to an activating group) is 1. The van der Waals surface area contributed by atoms with E-state index in [0.717, 1.165) is 0 Å². The summed E-state index contributed by atoms with van der Waals surface area (Å²) in [6, 6.07) is 6.41. The van der Waals surface area contributed by atoms with Gasteiger partial charge >= 0.3 is 0 Å². The van der Waals surface area contributed by atoms with Gasteiger partial charge in [0.05, 0.1) is 4.90 Å². The number of hydrogen-bond acceptors (Lipinski definition) is 4. The average Bonchev–Trinajstić information content (AvgIpc) is 3.01. The molecule has 134 valence electrons. The zero-order valence-corrected chi connectivity index (χ0v) is 15.8. The molecule has 0 saturated carbocycles. The van der Waals surface area contributed by atoms with Crippen LogP contribution in [0.15, 0.2) is 29.2 Å². The van der Waals surface area contributed by atoms with Crippen LogP contribution in [0.2, 0.25) is 0 Å². The van der Waals surface area contributed by atoms with Crippen LogP contribution >= 0.6 is 0 Å². The van der Waals surface area contributed by atoms with E-state index in [2.05, 4.69) is 24.1 Å². The van der Waals surface area contributed by atoms with Crippen LogP contribution in [0.4, 0.5) is 0 Å². The summed E-state index contributed by atoms with van der Waals surface area (Å²) in [5, 5.41) is 2.52. The van der Waals surface area contributed by atoms with Crippen LogP contribution in [-0.2, 0) is 10.0 Å². The average molecular weight is 353 g/mol. The second kappa shape index (κ2) is 7.21. The maximum Gasteiger partial charge on any atom is 0.251 e. The van der Waals surface area contributed by atoms with Gasteiger partial charge in [-0.15, -0.1) is 0 Å². The molecule has 0 aliphatic carbocycles. The van der Waals surface area contributed by atoms with Crippen molar-refractivity contribution in [1.29, 1.82) is 0 Å². The molecule has 0 radical (unpaired) electrons. The second-order valence-electron chi connectivity index (χ2n) is 6.87. The monoisotopic (exact) mass is 353 g/mol. The fourth-order valence-electron chi connectivity index (χ4n) is 3.26. The first-order valence-corrected chi connectivity index (χ1v) is 9.61. The highest BCUT2D eigenvalue weighted by atomic mass is 32.2. The lowest BCUT2D eigenvalue weighted by Gasteiger charge is -2.27. The number of sulfonamides is 1. The van der Waals surface area contributed by atoms with Gasteiger partial charge in [0.15, 0.2) is 0 Å². The first-order valence-electron chi connectivity index (χ1n) is 8.17. The lowest BCUT2D eigenvalue weighted by molar-refractivity contribution is 0.0963. The Kier molecular flexibility index (Phi) is 5.67. The normalized spacial score (nSPS) is 22.3. The van der Waals surface area contributed by atoms with Crippen molar-refractivity contribution in [1.82, 2.24) is 14.5 Å². The molecule has 0 unspecified atom stereocenters. The molecule has 2 atom stereocenters. The third-order valence-electron chi connectivity index (χ3n) is 4.78. The number of nitrogens with one attached hydrogen (secondary N) is 1. The number of amides is 1. The van der Waals surface area contributed by atoms with Gasteiger partial charge in [0.2, 0.25) is 10.0 Å². The Labute approximate surface area is 144 Å². The Morgan fingerprint density at radius 1 is 1.29 bits per heavy atom. The predicted octanol–water partition coefficient (Wildman–Crippen LogP) is 1.25. The predicted molar refractivity (Wildman–Crippen MR) is 94.4 cm³/mol. The summed E-state index contributed by atoms with van der Waals surface area (Å²) in [4.78, 5) is 14.0. The van der Waals surface area contributed by atoms with Crippen LogP contribution in [0.5, 0.6) is 0 Å². The fraction of sp³-hybridized carbons (Fsp3) is 0.588. The summed E-state index contributed by atoms with van der Waals surface area (Å²) >= 11 is 0. The Balaban J connectivity index is 2.33. The molecular formula is C17H27N3O3S. The van der Waals surface area contributed by atoms with Crippen LogP contribution in [0.3, 0.4) is 0 Å². The van der Waals surface area contributed by atoms with Gasteiger partial charge in [-0.3, -0.25) is 4.79 Å². The summed E-state index contributed by atoms with van der Waals surface area (Å²) in [6.07, 6.45) is 0. The van der Waals surface area contributed by atoms with E-state index in [1.807, 2.05) is 14.1 Å². The van der Waals surface area contributed by atoms with Crippen LogP contribution in [-0.4, -0.2) is 63.8 Å². The number of nitrogens with zero attached hydrogens (tertiary/aromatic N) is 2. The first-order chi connectivity index (χ1) is 11.2. The van der Waals surface area contributed by atoms with E-state index in [0.29, 0.717) is 24.6 Å². The fourth-order valence-corrected chi connectivity index (χ4v) is 4.81. The van der Waals surface area contributed by atoms with Crippen molar-refractivity contribution in [3.63, 3.8) is 0 Å². The van der Waals surface area contributed by atoms with Crippen LogP contribution in [0.25, 0.3) is 0 Å².